The monoisotopic (exact) mass is 240 g/mol. The van der Waals surface area contributed by atoms with Crippen LogP contribution >= 0.6 is 0 Å². The van der Waals surface area contributed by atoms with Crippen LogP contribution < -0.4 is 0 Å². The van der Waals surface area contributed by atoms with E-state index in [1.807, 2.05) is 12.1 Å². The minimum Gasteiger partial charge on any atom is -0.207 e. The fraction of sp³-hybridized carbons (Fsp3) is 0.176. The van der Waals surface area contributed by atoms with Crippen LogP contribution in [0.4, 0.5) is 4.39 Å². The number of halogens is 1. The standard InChI is InChI=1S/C17H17F/c1-13-3-9-16(10-4-13)14(2)5-6-15-7-11-17(18)12-8-15/h3-4,7-12H,2,5-6H2,1H3. The average molecular weight is 240 g/mol. The number of benzene rings is 2. The van der Waals surface area contributed by atoms with Crippen LogP contribution in [-0.2, 0) is 6.42 Å². The molecule has 0 amide bonds. The second-order valence-electron chi connectivity index (χ2n) is 4.60. The van der Waals surface area contributed by atoms with E-state index >= 15 is 0 Å². The summed E-state index contributed by atoms with van der Waals surface area (Å²) in [7, 11) is 0. The van der Waals surface area contributed by atoms with Crippen LogP contribution in [0.5, 0.6) is 0 Å². The van der Waals surface area contributed by atoms with Crippen molar-refractivity contribution in [3.05, 3.63) is 77.6 Å². The van der Waals surface area contributed by atoms with Crippen molar-refractivity contribution in [3.63, 3.8) is 0 Å². The molecule has 18 heavy (non-hydrogen) atoms. The molecule has 0 atom stereocenters. The second-order valence-corrected chi connectivity index (χ2v) is 4.60. The smallest absolute Gasteiger partial charge is 0.123 e. The van der Waals surface area contributed by atoms with E-state index < -0.39 is 0 Å². The number of rotatable bonds is 4. The third-order valence-electron chi connectivity index (χ3n) is 3.09. The summed E-state index contributed by atoms with van der Waals surface area (Å²) in [5.74, 6) is -0.184. The topological polar surface area (TPSA) is 0 Å². The molecular weight excluding hydrogens is 223 g/mol. The van der Waals surface area contributed by atoms with Crippen LogP contribution in [0.25, 0.3) is 5.57 Å². The Kier molecular flexibility index (Phi) is 3.93. The number of aryl methyl sites for hydroxylation is 2. The van der Waals surface area contributed by atoms with Crippen LogP contribution in [0, 0.1) is 12.7 Å². The van der Waals surface area contributed by atoms with Crippen molar-refractivity contribution in [2.45, 2.75) is 19.8 Å². The fourth-order valence-electron chi connectivity index (χ4n) is 1.88. The van der Waals surface area contributed by atoms with Gasteiger partial charge in [-0.2, -0.15) is 0 Å². The number of hydrogen-bond donors (Lipinski definition) is 0. The van der Waals surface area contributed by atoms with Gasteiger partial charge in [0.15, 0.2) is 0 Å². The van der Waals surface area contributed by atoms with Gasteiger partial charge >= 0.3 is 0 Å². The normalized spacial score (nSPS) is 10.3. The van der Waals surface area contributed by atoms with E-state index in [-0.39, 0.29) is 5.82 Å². The summed E-state index contributed by atoms with van der Waals surface area (Å²) in [6.07, 6.45) is 1.79. The lowest BCUT2D eigenvalue weighted by molar-refractivity contribution is 0.627. The quantitative estimate of drug-likeness (QED) is 0.721. The Bertz CT molecular complexity index is 521. The van der Waals surface area contributed by atoms with Gasteiger partial charge < -0.3 is 0 Å². The number of allylic oxidation sites excluding steroid dienone is 1. The van der Waals surface area contributed by atoms with Crippen molar-refractivity contribution in [1.82, 2.24) is 0 Å². The summed E-state index contributed by atoms with van der Waals surface area (Å²) >= 11 is 0. The van der Waals surface area contributed by atoms with Gasteiger partial charge in [0, 0.05) is 0 Å². The zero-order chi connectivity index (χ0) is 13.0. The van der Waals surface area contributed by atoms with E-state index in [4.69, 9.17) is 0 Å². The lowest BCUT2D eigenvalue weighted by Crippen LogP contribution is -1.89. The molecule has 0 fully saturated rings. The van der Waals surface area contributed by atoms with E-state index in [1.165, 1.54) is 23.3 Å². The van der Waals surface area contributed by atoms with Crippen molar-refractivity contribution < 1.29 is 4.39 Å². The lowest BCUT2D eigenvalue weighted by atomic mass is 9.99. The van der Waals surface area contributed by atoms with Gasteiger partial charge in [0.05, 0.1) is 0 Å². The van der Waals surface area contributed by atoms with Gasteiger partial charge in [-0.25, -0.2) is 4.39 Å². The van der Waals surface area contributed by atoms with Crippen LogP contribution in [0.1, 0.15) is 23.1 Å². The van der Waals surface area contributed by atoms with Crippen molar-refractivity contribution in [2.24, 2.45) is 0 Å². The molecule has 0 aliphatic carbocycles. The SMILES string of the molecule is C=C(CCc1ccc(F)cc1)c1ccc(C)cc1. The van der Waals surface area contributed by atoms with Crippen LogP contribution in [-0.4, -0.2) is 0 Å². The van der Waals surface area contributed by atoms with Gasteiger partial charge in [-0.05, 0) is 48.6 Å². The maximum Gasteiger partial charge on any atom is 0.123 e. The molecule has 0 unspecified atom stereocenters. The second kappa shape index (κ2) is 5.63. The molecule has 0 saturated carbocycles. The first-order chi connectivity index (χ1) is 8.65. The minimum absolute atomic E-state index is 0.184. The highest BCUT2D eigenvalue weighted by Gasteiger charge is 2.00. The van der Waals surface area contributed by atoms with Gasteiger partial charge in [-0.15, -0.1) is 0 Å². The molecule has 92 valence electrons. The Morgan fingerprint density at radius 2 is 1.61 bits per heavy atom. The highest BCUT2D eigenvalue weighted by Crippen LogP contribution is 2.19. The first-order valence-corrected chi connectivity index (χ1v) is 6.14. The summed E-state index contributed by atoms with van der Waals surface area (Å²) in [5.41, 5.74) is 4.71. The van der Waals surface area contributed by atoms with Crippen molar-refractivity contribution in [1.29, 1.82) is 0 Å². The molecule has 0 aliphatic rings. The van der Waals surface area contributed by atoms with Crippen molar-refractivity contribution in [2.75, 3.05) is 0 Å². The molecule has 2 aromatic carbocycles. The average Bonchev–Trinajstić information content (AvgIpc) is 2.38. The molecule has 0 nitrogen and oxygen atoms in total. The van der Waals surface area contributed by atoms with Crippen molar-refractivity contribution >= 4 is 5.57 Å². The third kappa shape index (κ3) is 3.30. The van der Waals surface area contributed by atoms with Gasteiger partial charge in [0.25, 0.3) is 0 Å². The van der Waals surface area contributed by atoms with Gasteiger partial charge in [0.2, 0.25) is 0 Å². The maximum absolute atomic E-state index is 12.8. The molecule has 0 spiro atoms. The predicted molar refractivity (Wildman–Crippen MR) is 74.9 cm³/mol. The van der Waals surface area contributed by atoms with E-state index in [0.717, 1.165) is 24.0 Å². The minimum atomic E-state index is -0.184. The summed E-state index contributed by atoms with van der Waals surface area (Å²) in [4.78, 5) is 0. The predicted octanol–water partition coefficient (Wildman–Crippen LogP) is 4.78. The molecule has 0 bridgehead atoms. The molecule has 0 radical (unpaired) electrons. The van der Waals surface area contributed by atoms with E-state index in [1.54, 1.807) is 0 Å². The molecular formula is C17H17F. The Balaban J connectivity index is 1.96. The Hall–Kier alpha value is -1.89. The Morgan fingerprint density at radius 1 is 1.00 bits per heavy atom. The molecule has 0 heterocycles. The Morgan fingerprint density at radius 3 is 2.22 bits per heavy atom. The van der Waals surface area contributed by atoms with Gasteiger partial charge in [-0.1, -0.05) is 48.5 Å². The first-order valence-electron chi connectivity index (χ1n) is 6.14. The van der Waals surface area contributed by atoms with E-state index in [0.29, 0.717) is 0 Å². The van der Waals surface area contributed by atoms with Gasteiger partial charge in [0.1, 0.15) is 5.82 Å². The summed E-state index contributed by atoms with van der Waals surface area (Å²) in [6, 6.07) is 15.1. The lowest BCUT2D eigenvalue weighted by Gasteiger charge is -2.06. The maximum atomic E-state index is 12.8. The number of hydrogen-bond acceptors (Lipinski definition) is 0. The molecule has 2 rings (SSSR count). The zero-order valence-corrected chi connectivity index (χ0v) is 10.6. The van der Waals surface area contributed by atoms with E-state index in [9.17, 15) is 4.39 Å². The first kappa shape index (κ1) is 12.6. The molecule has 0 aromatic heterocycles. The Labute approximate surface area is 108 Å². The van der Waals surface area contributed by atoms with Crippen LogP contribution in [0.15, 0.2) is 55.1 Å². The summed E-state index contributed by atoms with van der Waals surface area (Å²) in [6.45, 7) is 6.19. The van der Waals surface area contributed by atoms with Gasteiger partial charge in [-0.3, -0.25) is 0 Å². The zero-order valence-electron chi connectivity index (χ0n) is 10.6. The summed E-state index contributed by atoms with van der Waals surface area (Å²) in [5, 5.41) is 0. The molecule has 2 aromatic rings. The molecule has 1 heteroatoms. The van der Waals surface area contributed by atoms with Crippen LogP contribution in [0.2, 0.25) is 0 Å². The fourth-order valence-corrected chi connectivity index (χ4v) is 1.88. The largest absolute Gasteiger partial charge is 0.207 e. The highest BCUT2D eigenvalue weighted by atomic mass is 19.1. The highest BCUT2D eigenvalue weighted by molar-refractivity contribution is 5.63. The third-order valence-corrected chi connectivity index (χ3v) is 3.09. The summed E-state index contributed by atoms with van der Waals surface area (Å²) < 4.78 is 12.8. The van der Waals surface area contributed by atoms with Crippen LogP contribution in [0.3, 0.4) is 0 Å². The molecule has 0 N–H and O–H groups in total. The van der Waals surface area contributed by atoms with Crippen molar-refractivity contribution in [3.8, 4) is 0 Å². The van der Waals surface area contributed by atoms with E-state index in [2.05, 4.69) is 37.8 Å². The molecule has 0 saturated heterocycles. The molecule has 0 aliphatic heterocycles.